The molecule has 4 atom stereocenters. The summed E-state index contributed by atoms with van der Waals surface area (Å²) in [5, 5.41) is 11.3. The van der Waals surface area contributed by atoms with E-state index in [0.29, 0.717) is 11.8 Å². The number of aryl methyl sites for hydroxylation is 1. The van der Waals surface area contributed by atoms with Gasteiger partial charge in [-0.2, -0.15) is 5.26 Å². The topological polar surface area (TPSA) is 40.9 Å². The molecule has 2 aliphatic rings. The largest absolute Gasteiger partial charge is 0.297 e. The van der Waals surface area contributed by atoms with Crippen molar-refractivity contribution in [1.82, 2.24) is 0 Å². The van der Waals surface area contributed by atoms with Crippen LogP contribution in [0.5, 0.6) is 0 Å². The van der Waals surface area contributed by atoms with Crippen molar-refractivity contribution in [2.75, 3.05) is 0 Å². The van der Waals surface area contributed by atoms with Gasteiger partial charge in [0.2, 0.25) is 0 Å². The van der Waals surface area contributed by atoms with Crippen molar-refractivity contribution in [3.8, 4) is 6.07 Å². The second-order valence-electron chi connectivity index (χ2n) is 5.93. The van der Waals surface area contributed by atoms with Gasteiger partial charge in [-0.1, -0.05) is 30.3 Å². The van der Waals surface area contributed by atoms with Crippen LogP contribution < -0.4 is 0 Å². The first-order valence-corrected chi connectivity index (χ1v) is 8.24. The van der Waals surface area contributed by atoms with Crippen LogP contribution in [0.3, 0.4) is 0 Å². The van der Waals surface area contributed by atoms with E-state index < -0.39 is 5.92 Å². The number of fused-ring (bicyclic) bond motifs is 3. The van der Waals surface area contributed by atoms with Gasteiger partial charge in [-0.3, -0.25) is 4.79 Å². The number of ketones is 1. The molecule has 0 N–H and O–H groups in total. The van der Waals surface area contributed by atoms with Crippen LogP contribution in [0.2, 0.25) is 0 Å². The van der Waals surface area contributed by atoms with Crippen LogP contribution in [0.1, 0.15) is 34.3 Å². The van der Waals surface area contributed by atoms with Crippen LogP contribution in [0.4, 0.5) is 0 Å². The lowest BCUT2D eigenvalue weighted by Crippen LogP contribution is -2.13. The molecule has 1 heterocycles. The van der Waals surface area contributed by atoms with Gasteiger partial charge in [0.15, 0.2) is 5.78 Å². The molecule has 2 aromatic rings. The summed E-state index contributed by atoms with van der Waals surface area (Å²) >= 11 is 1.50. The van der Waals surface area contributed by atoms with Crippen molar-refractivity contribution >= 4 is 17.1 Å². The molecule has 0 bridgehead atoms. The zero-order valence-electron chi connectivity index (χ0n) is 11.5. The second kappa shape index (κ2) is 4.82. The number of Topliss-reactive ketones (excluding diaryl/α,β-unsaturated/α-hetero) is 1. The van der Waals surface area contributed by atoms with E-state index in [1.807, 2.05) is 17.5 Å². The third-order valence-electron chi connectivity index (χ3n) is 4.90. The molecule has 0 radical (unpaired) electrons. The fourth-order valence-electron chi connectivity index (χ4n) is 3.87. The predicted molar refractivity (Wildman–Crippen MR) is 82.2 cm³/mol. The zero-order valence-corrected chi connectivity index (χ0v) is 12.3. The van der Waals surface area contributed by atoms with E-state index in [-0.39, 0.29) is 11.7 Å². The molecule has 2 aliphatic carbocycles. The lowest BCUT2D eigenvalue weighted by Gasteiger charge is -2.13. The number of carbonyl (C=O) groups is 1. The van der Waals surface area contributed by atoms with E-state index in [1.54, 1.807) is 0 Å². The van der Waals surface area contributed by atoms with Crippen LogP contribution >= 0.6 is 11.3 Å². The summed E-state index contributed by atoms with van der Waals surface area (Å²) in [6, 6.07) is 14.5. The molecule has 1 saturated carbocycles. The quantitative estimate of drug-likeness (QED) is 0.861. The minimum absolute atomic E-state index is 0.0559. The van der Waals surface area contributed by atoms with E-state index in [1.165, 1.54) is 22.5 Å². The van der Waals surface area contributed by atoms with E-state index in [9.17, 15) is 10.1 Å². The SMILES string of the molecule is N#CC(C(=O)C1C2CCc3ccccc3C21)c1cccs1. The van der Waals surface area contributed by atoms with Gasteiger partial charge in [-0.05, 0) is 47.3 Å². The number of nitrogens with zero attached hydrogens (tertiary/aromatic N) is 1. The maximum Gasteiger partial charge on any atom is 0.159 e. The van der Waals surface area contributed by atoms with Crippen LogP contribution in [-0.2, 0) is 11.2 Å². The Morgan fingerprint density at radius 3 is 2.90 bits per heavy atom. The summed E-state index contributed by atoms with van der Waals surface area (Å²) in [6.07, 6.45) is 2.15. The average Bonchev–Trinajstić information content (AvgIpc) is 3.03. The Hall–Kier alpha value is -1.92. The fourth-order valence-corrected chi connectivity index (χ4v) is 4.65. The monoisotopic (exact) mass is 293 g/mol. The highest BCUT2D eigenvalue weighted by Gasteiger charge is 2.58. The number of hydrogen-bond acceptors (Lipinski definition) is 3. The minimum Gasteiger partial charge on any atom is -0.297 e. The van der Waals surface area contributed by atoms with Crippen molar-refractivity contribution in [2.45, 2.75) is 24.7 Å². The third kappa shape index (κ3) is 1.94. The summed E-state index contributed by atoms with van der Waals surface area (Å²) in [7, 11) is 0. The van der Waals surface area contributed by atoms with E-state index in [4.69, 9.17) is 0 Å². The molecule has 0 amide bonds. The number of nitriles is 1. The Balaban J connectivity index is 1.62. The van der Waals surface area contributed by atoms with Gasteiger partial charge in [0.1, 0.15) is 5.92 Å². The van der Waals surface area contributed by atoms with Crippen molar-refractivity contribution in [2.24, 2.45) is 11.8 Å². The number of rotatable bonds is 3. The Morgan fingerprint density at radius 1 is 1.29 bits per heavy atom. The summed E-state index contributed by atoms with van der Waals surface area (Å²) in [5.41, 5.74) is 2.73. The number of carbonyl (C=O) groups excluding carboxylic acids is 1. The predicted octanol–water partition coefficient (Wildman–Crippen LogP) is 3.90. The molecule has 1 fully saturated rings. The van der Waals surface area contributed by atoms with Crippen molar-refractivity contribution in [3.05, 3.63) is 57.8 Å². The Kier molecular flexibility index (Phi) is 2.94. The van der Waals surface area contributed by atoms with E-state index in [2.05, 4.69) is 30.3 Å². The first-order valence-electron chi connectivity index (χ1n) is 7.36. The summed E-state index contributed by atoms with van der Waals surface area (Å²) in [5.74, 6) is 0.432. The van der Waals surface area contributed by atoms with Gasteiger partial charge in [0.25, 0.3) is 0 Å². The molecule has 0 aliphatic heterocycles. The van der Waals surface area contributed by atoms with Crippen molar-refractivity contribution < 1.29 is 4.79 Å². The first-order chi connectivity index (χ1) is 10.3. The van der Waals surface area contributed by atoms with Gasteiger partial charge in [-0.15, -0.1) is 11.3 Å². The third-order valence-corrected chi connectivity index (χ3v) is 5.84. The molecule has 4 unspecified atom stereocenters. The molecular formula is C18H15NOS. The molecule has 3 heteroatoms. The number of thiophene rings is 1. The maximum absolute atomic E-state index is 12.8. The number of hydrogen-bond donors (Lipinski definition) is 0. The van der Waals surface area contributed by atoms with Crippen molar-refractivity contribution in [3.63, 3.8) is 0 Å². The zero-order chi connectivity index (χ0) is 14.4. The normalized spacial score (nSPS) is 27.1. The van der Waals surface area contributed by atoms with Gasteiger partial charge in [0.05, 0.1) is 6.07 Å². The molecule has 104 valence electrons. The Labute approximate surface area is 128 Å². The summed E-state index contributed by atoms with van der Waals surface area (Å²) in [4.78, 5) is 13.7. The van der Waals surface area contributed by atoms with Crippen LogP contribution in [-0.4, -0.2) is 5.78 Å². The molecule has 2 nitrogen and oxygen atoms in total. The Morgan fingerprint density at radius 2 is 2.14 bits per heavy atom. The average molecular weight is 293 g/mol. The summed E-state index contributed by atoms with van der Waals surface area (Å²) in [6.45, 7) is 0. The van der Waals surface area contributed by atoms with Crippen molar-refractivity contribution in [1.29, 1.82) is 5.26 Å². The maximum atomic E-state index is 12.8. The molecule has 1 aromatic heterocycles. The van der Waals surface area contributed by atoms with Crippen LogP contribution in [0.15, 0.2) is 41.8 Å². The van der Waals surface area contributed by atoms with Crippen LogP contribution in [0.25, 0.3) is 0 Å². The van der Waals surface area contributed by atoms with Gasteiger partial charge < -0.3 is 0 Å². The van der Waals surface area contributed by atoms with E-state index in [0.717, 1.165) is 17.7 Å². The van der Waals surface area contributed by atoms with E-state index >= 15 is 0 Å². The molecule has 21 heavy (non-hydrogen) atoms. The number of benzene rings is 1. The van der Waals surface area contributed by atoms with Gasteiger partial charge >= 0.3 is 0 Å². The highest BCUT2D eigenvalue weighted by Crippen LogP contribution is 2.61. The lowest BCUT2D eigenvalue weighted by molar-refractivity contribution is -0.120. The van der Waals surface area contributed by atoms with Gasteiger partial charge in [0, 0.05) is 10.8 Å². The molecule has 0 spiro atoms. The fraction of sp³-hybridized carbons (Fsp3) is 0.333. The highest BCUT2D eigenvalue weighted by atomic mass is 32.1. The molecule has 0 saturated heterocycles. The molecule has 1 aromatic carbocycles. The molecular weight excluding hydrogens is 278 g/mol. The molecule has 4 rings (SSSR count). The van der Waals surface area contributed by atoms with Gasteiger partial charge in [-0.25, -0.2) is 0 Å². The Bertz CT molecular complexity index is 728. The second-order valence-corrected chi connectivity index (χ2v) is 6.91. The lowest BCUT2D eigenvalue weighted by atomic mass is 9.92. The highest BCUT2D eigenvalue weighted by molar-refractivity contribution is 7.10. The standard InChI is InChI=1S/C18H15NOS/c19-10-14(15-6-3-9-21-15)18(20)17-13-8-7-11-4-1-2-5-12(11)16(13)17/h1-6,9,13-14,16-17H,7-8H2. The smallest absolute Gasteiger partial charge is 0.159 e. The summed E-state index contributed by atoms with van der Waals surface area (Å²) < 4.78 is 0. The van der Waals surface area contributed by atoms with Crippen LogP contribution in [0, 0.1) is 23.2 Å². The minimum atomic E-state index is -0.576. The first kappa shape index (κ1) is 12.8.